The standard InChI is InChI=1S/C14H15NO5/c15-4-3-11(17)14(19)8-1-2-12-10(5-8)13(18)9(6-16)7-20-12/h1-2,5-7,11,14,17,19H,3-4,15H2. The first kappa shape index (κ1) is 14.4. The van der Waals surface area contributed by atoms with Gasteiger partial charge in [-0.05, 0) is 30.7 Å². The van der Waals surface area contributed by atoms with Crippen molar-refractivity contribution < 1.29 is 19.4 Å². The summed E-state index contributed by atoms with van der Waals surface area (Å²) in [5.74, 6) is 0. The number of fused-ring (bicyclic) bond motifs is 1. The van der Waals surface area contributed by atoms with E-state index < -0.39 is 17.6 Å². The second-order valence-electron chi connectivity index (χ2n) is 4.48. The third-order valence-corrected chi connectivity index (χ3v) is 3.12. The van der Waals surface area contributed by atoms with Crippen LogP contribution in [0, 0.1) is 0 Å². The summed E-state index contributed by atoms with van der Waals surface area (Å²) in [6, 6.07) is 4.48. The molecule has 0 bridgehead atoms. The molecule has 2 rings (SSSR count). The molecule has 1 heterocycles. The highest BCUT2D eigenvalue weighted by molar-refractivity contribution is 5.84. The van der Waals surface area contributed by atoms with E-state index in [-0.39, 0.29) is 23.9 Å². The van der Waals surface area contributed by atoms with Gasteiger partial charge in [0, 0.05) is 0 Å². The first-order valence-electron chi connectivity index (χ1n) is 6.15. The van der Waals surface area contributed by atoms with Crippen LogP contribution >= 0.6 is 0 Å². The van der Waals surface area contributed by atoms with Crippen LogP contribution in [0.2, 0.25) is 0 Å². The fourth-order valence-corrected chi connectivity index (χ4v) is 1.98. The van der Waals surface area contributed by atoms with Gasteiger partial charge in [0.15, 0.2) is 6.29 Å². The van der Waals surface area contributed by atoms with Crippen molar-refractivity contribution in [1.29, 1.82) is 0 Å². The molecular formula is C14H15NO5. The number of aldehydes is 1. The van der Waals surface area contributed by atoms with Crippen LogP contribution in [-0.4, -0.2) is 29.1 Å². The lowest BCUT2D eigenvalue weighted by Crippen LogP contribution is -2.22. The van der Waals surface area contributed by atoms with Crippen LogP contribution in [-0.2, 0) is 0 Å². The number of hydrogen-bond donors (Lipinski definition) is 3. The zero-order valence-electron chi connectivity index (χ0n) is 10.7. The van der Waals surface area contributed by atoms with E-state index in [1.807, 2.05) is 0 Å². The molecule has 4 N–H and O–H groups in total. The Balaban J connectivity index is 2.49. The summed E-state index contributed by atoms with van der Waals surface area (Å²) in [5.41, 5.74) is 5.44. The number of rotatable bonds is 5. The molecule has 0 saturated heterocycles. The van der Waals surface area contributed by atoms with Crippen molar-refractivity contribution in [3.8, 4) is 0 Å². The van der Waals surface area contributed by atoms with Crippen LogP contribution in [0.3, 0.4) is 0 Å². The Labute approximate surface area is 114 Å². The van der Waals surface area contributed by atoms with Gasteiger partial charge in [0.2, 0.25) is 5.43 Å². The van der Waals surface area contributed by atoms with Crippen LogP contribution in [0.4, 0.5) is 0 Å². The molecule has 0 aliphatic rings. The topological polar surface area (TPSA) is 114 Å². The van der Waals surface area contributed by atoms with Crippen LogP contribution in [0.5, 0.6) is 0 Å². The summed E-state index contributed by atoms with van der Waals surface area (Å²) < 4.78 is 5.16. The van der Waals surface area contributed by atoms with Crippen molar-refractivity contribution in [1.82, 2.24) is 0 Å². The zero-order chi connectivity index (χ0) is 14.7. The Hall–Kier alpha value is -2.02. The van der Waals surface area contributed by atoms with E-state index in [9.17, 15) is 19.8 Å². The van der Waals surface area contributed by atoms with E-state index >= 15 is 0 Å². The van der Waals surface area contributed by atoms with Gasteiger partial charge in [-0.25, -0.2) is 0 Å². The summed E-state index contributed by atoms with van der Waals surface area (Å²) in [6.07, 6.45) is -0.419. The molecule has 20 heavy (non-hydrogen) atoms. The maximum absolute atomic E-state index is 12.0. The third-order valence-electron chi connectivity index (χ3n) is 3.12. The second kappa shape index (κ2) is 5.96. The molecule has 0 spiro atoms. The molecule has 0 saturated carbocycles. The molecule has 0 radical (unpaired) electrons. The van der Waals surface area contributed by atoms with Gasteiger partial charge in [0.1, 0.15) is 18.0 Å². The lowest BCUT2D eigenvalue weighted by atomic mass is 10.00. The Morgan fingerprint density at radius 3 is 2.75 bits per heavy atom. The van der Waals surface area contributed by atoms with Gasteiger partial charge >= 0.3 is 0 Å². The normalized spacial score (nSPS) is 14.2. The van der Waals surface area contributed by atoms with Crippen LogP contribution < -0.4 is 11.2 Å². The minimum Gasteiger partial charge on any atom is -0.463 e. The Morgan fingerprint density at radius 2 is 2.10 bits per heavy atom. The van der Waals surface area contributed by atoms with Crippen molar-refractivity contribution >= 4 is 17.3 Å². The lowest BCUT2D eigenvalue weighted by Gasteiger charge is -2.17. The van der Waals surface area contributed by atoms with Crippen molar-refractivity contribution in [3.63, 3.8) is 0 Å². The molecule has 1 aromatic heterocycles. The summed E-state index contributed by atoms with van der Waals surface area (Å²) in [4.78, 5) is 22.7. The molecule has 6 nitrogen and oxygen atoms in total. The average molecular weight is 277 g/mol. The highest BCUT2D eigenvalue weighted by Crippen LogP contribution is 2.22. The van der Waals surface area contributed by atoms with Crippen molar-refractivity contribution in [2.24, 2.45) is 5.73 Å². The first-order valence-corrected chi connectivity index (χ1v) is 6.15. The van der Waals surface area contributed by atoms with E-state index in [0.29, 0.717) is 17.4 Å². The molecule has 6 heteroatoms. The lowest BCUT2D eigenvalue weighted by molar-refractivity contribution is 0.0151. The minimum atomic E-state index is -1.15. The number of carbonyl (C=O) groups is 1. The SMILES string of the molecule is NCCC(O)C(O)c1ccc2occ(C=O)c(=O)c2c1. The van der Waals surface area contributed by atoms with Gasteiger partial charge in [-0.15, -0.1) is 0 Å². The Kier molecular flexibility index (Phi) is 4.29. The van der Waals surface area contributed by atoms with Gasteiger partial charge in [-0.2, -0.15) is 0 Å². The van der Waals surface area contributed by atoms with E-state index in [0.717, 1.165) is 6.26 Å². The predicted molar refractivity (Wildman–Crippen MR) is 72.5 cm³/mol. The maximum Gasteiger partial charge on any atom is 0.203 e. The second-order valence-corrected chi connectivity index (χ2v) is 4.48. The number of benzene rings is 1. The van der Waals surface area contributed by atoms with Gasteiger partial charge < -0.3 is 20.4 Å². The van der Waals surface area contributed by atoms with Crippen LogP contribution in [0.15, 0.2) is 33.7 Å². The summed E-state index contributed by atoms with van der Waals surface area (Å²) >= 11 is 0. The fraction of sp³-hybridized carbons (Fsp3) is 0.286. The number of aliphatic hydroxyl groups excluding tert-OH is 2. The van der Waals surface area contributed by atoms with Crippen molar-refractivity contribution in [3.05, 3.63) is 45.8 Å². The fourth-order valence-electron chi connectivity index (χ4n) is 1.98. The van der Waals surface area contributed by atoms with Crippen LogP contribution in [0.25, 0.3) is 11.0 Å². The maximum atomic E-state index is 12.0. The molecule has 2 atom stereocenters. The largest absolute Gasteiger partial charge is 0.463 e. The molecule has 106 valence electrons. The highest BCUT2D eigenvalue weighted by Gasteiger charge is 2.18. The minimum absolute atomic E-state index is 0.0911. The quantitative estimate of drug-likeness (QED) is 0.679. The van der Waals surface area contributed by atoms with Crippen molar-refractivity contribution in [2.75, 3.05) is 6.54 Å². The average Bonchev–Trinajstić information content (AvgIpc) is 2.47. The molecule has 2 aromatic rings. The third kappa shape index (κ3) is 2.62. The van der Waals surface area contributed by atoms with Gasteiger partial charge in [0.25, 0.3) is 0 Å². The Bertz CT molecular complexity index is 679. The van der Waals surface area contributed by atoms with E-state index in [1.165, 1.54) is 12.1 Å². The molecule has 0 amide bonds. The van der Waals surface area contributed by atoms with Crippen LogP contribution in [0.1, 0.15) is 28.4 Å². The summed E-state index contributed by atoms with van der Waals surface area (Å²) in [7, 11) is 0. The number of hydrogen-bond acceptors (Lipinski definition) is 6. The first-order chi connectivity index (χ1) is 9.58. The molecule has 0 aliphatic carbocycles. The van der Waals surface area contributed by atoms with E-state index in [4.69, 9.17) is 10.2 Å². The highest BCUT2D eigenvalue weighted by atomic mass is 16.3. The smallest absolute Gasteiger partial charge is 0.203 e. The molecule has 0 aliphatic heterocycles. The van der Waals surface area contributed by atoms with E-state index in [2.05, 4.69) is 0 Å². The van der Waals surface area contributed by atoms with Gasteiger partial charge in [-0.3, -0.25) is 9.59 Å². The number of carbonyl (C=O) groups excluding carboxylic acids is 1. The van der Waals surface area contributed by atoms with Gasteiger partial charge in [-0.1, -0.05) is 6.07 Å². The zero-order valence-corrected chi connectivity index (χ0v) is 10.7. The van der Waals surface area contributed by atoms with Gasteiger partial charge in [0.05, 0.1) is 17.1 Å². The molecule has 1 aromatic carbocycles. The number of aliphatic hydroxyl groups is 2. The Morgan fingerprint density at radius 1 is 1.35 bits per heavy atom. The number of nitrogens with two attached hydrogens (primary N) is 1. The summed E-state index contributed by atoms with van der Waals surface area (Å²) in [6.45, 7) is 0.239. The molecule has 2 unspecified atom stereocenters. The van der Waals surface area contributed by atoms with E-state index in [1.54, 1.807) is 6.07 Å². The molecular weight excluding hydrogens is 262 g/mol. The van der Waals surface area contributed by atoms with Crippen molar-refractivity contribution in [2.45, 2.75) is 18.6 Å². The summed E-state index contributed by atoms with van der Waals surface area (Å²) in [5, 5.41) is 19.9. The predicted octanol–water partition coefficient (Wildman–Crippen LogP) is 0.349. The monoisotopic (exact) mass is 277 g/mol. The molecule has 0 fully saturated rings.